The zero-order valence-electron chi connectivity index (χ0n) is 10.3. The molecule has 1 aromatic rings. The zero-order chi connectivity index (χ0) is 12.6. The van der Waals surface area contributed by atoms with Gasteiger partial charge in [-0.2, -0.15) is 0 Å². The van der Waals surface area contributed by atoms with Crippen LogP contribution >= 0.6 is 11.6 Å². The Hall–Kier alpha value is -1.00. The monoisotopic (exact) mass is 256 g/mol. The first-order valence-electron chi connectivity index (χ1n) is 5.69. The summed E-state index contributed by atoms with van der Waals surface area (Å²) in [5.41, 5.74) is 0.457. The van der Waals surface area contributed by atoms with E-state index in [4.69, 9.17) is 16.0 Å². The van der Waals surface area contributed by atoms with Gasteiger partial charge in [-0.05, 0) is 37.7 Å². The van der Waals surface area contributed by atoms with Gasteiger partial charge in [-0.3, -0.25) is 4.79 Å². The maximum atomic E-state index is 12.2. The van der Waals surface area contributed by atoms with Crippen LogP contribution in [0, 0.1) is 5.92 Å². The second-order valence-corrected chi connectivity index (χ2v) is 5.17. The SMILES string of the molecule is CC1CN(C(=O)c2ccoc2Cl)CC1N(C)C. The van der Waals surface area contributed by atoms with Crippen LogP contribution in [0.1, 0.15) is 17.3 Å². The van der Waals surface area contributed by atoms with Crippen LogP contribution in [0.4, 0.5) is 0 Å². The van der Waals surface area contributed by atoms with Crippen LogP contribution < -0.4 is 0 Å². The normalized spacial score (nSPS) is 24.6. The lowest BCUT2D eigenvalue weighted by molar-refractivity contribution is 0.0781. The highest BCUT2D eigenvalue weighted by atomic mass is 35.5. The number of hydrogen-bond acceptors (Lipinski definition) is 3. The van der Waals surface area contributed by atoms with Gasteiger partial charge in [0.25, 0.3) is 5.91 Å². The van der Waals surface area contributed by atoms with Crippen molar-refractivity contribution in [1.29, 1.82) is 0 Å². The van der Waals surface area contributed by atoms with Crippen molar-refractivity contribution in [2.75, 3.05) is 27.2 Å². The van der Waals surface area contributed by atoms with E-state index in [2.05, 4.69) is 11.8 Å². The molecule has 0 aliphatic carbocycles. The Morgan fingerprint density at radius 3 is 2.71 bits per heavy atom. The Morgan fingerprint density at radius 2 is 2.24 bits per heavy atom. The van der Waals surface area contributed by atoms with E-state index >= 15 is 0 Å². The molecular formula is C12H17ClN2O2. The van der Waals surface area contributed by atoms with E-state index < -0.39 is 0 Å². The van der Waals surface area contributed by atoms with Gasteiger partial charge in [0.2, 0.25) is 5.22 Å². The maximum absolute atomic E-state index is 12.2. The van der Waals surface area contributed by atoms with Crippen molar-refractivity contribution >= 4 is 17.5 Å². The summed E-state index contributed by atoms with van der Waals surface area (Å²) >= 11 is 5.82. The van der Waals surface area contributed by atoms with E-state index in [0.717, 1.165) is 13.1 Å². The van der Waals surface area contributed by atoms with Gasteiger partial charge in [0.1, 0.15) is 0 Å². The lowest BCUT2D eigenvalue weighted by Gasteiger charge is -2.22. The number of carbonyl (C=O) groups excluding carboxylic acids is 1. The van der Waals surface area contributed by atoms with Gasteiger partial charge in [-0.15, -0.1) is 0 Å². The molecule has 17 heavy (non-hydrogen) atoms. The number of likely N-dealkylation sites (N-methyl/N-ethyl adjacent to an activating group) is 1. The molecule has 94 valence electrons. The second kappa shape index (κ2) is 4.70. The molecule has 1 fully saturated rings. The van der Waals surface area contributed by atoms with Gasteiger partial charge in [0, 0.05) is 19.1 Å². The van der Waals surface area contributed by atoms with E-state index in [1.807, 2.05) is 19.0 Å². The van der Waals surface area contributed by atoms with Crippen LogP contribution in [-0.2, 0) is 0 Å². The molecule has 0 bridgehead atoms. The minimum atomic E-state index is -0.0417. The predicted octanol–water partition coefficient (Wildman–Crippen LogP) is 1.96. The van der Waals surface area contributed by atoms with Crippen molar-refractivity contribution < 1.29 is 9.21 Å². The third-order valence-electron chi connectivity index (χ3n) is 3.37. The lowest BCUT2D eigenvalue weighted by atomic mass is 10.1. The predicted molar refractivity (Wildman–Crippen MR) is 66.3 cm³/mol. The van der Waals surface area contributed by atoms with Crippen LogP contribution in [0.25, 0.3) is 0 Å². The maximum Gasteiger partial charge on any atom is 0.258 e. The topological polar surface area (TPSA) is 36.7 Å². The highest BCUT2D eigenvalue weighted by Crippen LogP contribution is 2.25. The fourth-order valence-corrected chi connectivity index (χ4v) is 2.60. The molecule has 1 aliphatic heterocycles. The molecule has 4 nitrogen and oxygen atoms in total. The van der Waals surface area contributed by atoms with Gasteiger partial charge in [0.05, 0.1) is 11.8 Å². The fourth-order valence-electron chi connectivity index (χ4n) is 2.40. The van der Waals surface area contributed by atoms with Crippen molar-refractivity contribution in [3.63, 3.8) is 0 Å². The van der Waals surface area contributed by atoms with Crippen molar-refractivity contribution in [2.45, 2.75) is 13.0 Å². The molecule has 0 aromatic carbocycles. The Labute approximate surface area is 106 Å². The van der Waals surface area contributed by atoms with Crippen molar-refractivity contribution in [3.8, 4) is 0 Å². The molecule has 1 aromatic heterocycles. The molecule has 1 saturated heterocycles. The Morgan fingerprint density at radius 1 is 1.53 bits per heavy atom. The lowest BCUT2D eigenvalue weighted by Crippen LogP contribution is -2.35. The van der Waals surface area contributed by atoms with Crippen LogP contribution in [0.2, 0.25) is 5.22 Å². The third-order valence-corrected chi connectivity index (χ3v) is 3.66. The standard InChI is InChI=1S/C12H17ClN2O2/c1-8-6-15(7-10(8)14(2)3)12(16)9-4-5-17-11(9)13/h4-5,8,10H,6-7H2,1-3H3. The average Bonchev–Trinajstić information content (AvgIpc) is 2.83. The smallest absolute Gasteiger partial charge is 0.258 e. The minimum Gasteiger partial charge on any atom is -0.452 e. The molecule has 2 atom stereocenters. The van der Waals surface area contributed by atoms with E-state index in [0.29, 0.717) is 17.5 Å². The first kappa shape index (κ1) is 12.5. The van der Waals surface area contributed by atoms with E-state index in [9.17, 15) is 4.79 Å². The fraction of sp³-hybridized carbons (Fsp3) is 0.583. The average molecular weight is 257 g/mol. The van der Waals surface area contributed by atoms with Crippen LogP contribution in [-0.4, -0.2) is 48.9 Å². The quantitative estimate of drug-likeness (QED) is 0.812. The Balaban J connectivity index is 2.11. The number of carbonyl (C=O) groups is 1. The number of nitrogens with zero attached hydrogens (tertiary/aromatic N) is 2. The third kappa shape index (κ3) is 2.33. The van der Waals surface area contributed by atoms with Gasteiger partial charge in [-0.1, -0.05) is 6.92 Å². The molecule has 1 amide bonds. The van der Waals surface area contributed by atoms with E-state index in [1.54, 1.807) is 6.07 Å². The van der Waals surface area contributed by atoms with Crippen LogP contribution in [0.5, 0.6) is 0 Å². The number of hydrogen-bond donors (Lipinski definition) is 0. The summed E-state index contributed by atoms with van der Waals surface area (Å²) < 4.78 is 4.95. The minimum absolute atomic E-state index is 0.0417. The highest BCUT2D eigenvalue weighted by molar-refractivity contribution is 6.32. The number of furan rings is 1. The summed E-state index contributed by atoms with van der Waals surface area (Å²) in [4.78, 5) is 16.2. The van der Waals surface area contributed by atoms with Gasteiger partial charge in [0.15, 0.2) is 0 Å². The highest BCUT2D eigenvalue weighted by Gasteiger charge is 2.34. The van der Waals surface area contributed by atoms with Gasteiger partial charge >= 0.3 is 0 Å². The van der Waals surface area contributed by atoms with Crippen LogP contribution in [0.15, 0.2) is 16.7 Å². The summed E-state index contributed by atoms with van der Waals surface area (Å²) in [6, 6.07) is 2.03. The first-order valence-corrected chi connectivity index (χ1v) is 6.07. The van der Waals surface area contributed by atoms with Crippen molar-refractivity contribution in [2.24, 2.45) is 5.92 Å². The van der Waals surface area contributed by atoms with E-state index in [1.165, 1.54) is 6.26 Å². The summed E-state index contributed by atoms with van der Waals surface area (Å²) in [6.45, 7) is 3.67. The van der Waals surface area contributed by atoms with Crippen molar-refractivity contribution in [1.82, 2.24) is 9.80 Å². The Bertz CT molecular complexity index is 416. The molecule has 0 spiro atoms. The summed E-state index contributed by atoms with van der Waals surface area (Å²) in [5.74, 6) is 0.430. The molecule has 2 heterocycles. The molecule has 2 rings (SSSR count). The number of rotatable bonds is 2. The number of likely N-dealkylation sites (tertiary alicyclic amines) is 1. The number of amides is 1. The summed E-state index contributed by atoms with van der Waals surface area (Å²) in [7, 11) is 4.08. The van der Waals surface area contributed by atoms with Gasteiger partial charge < -0.3 is 14.2 Å². The summed E-state index contributed by atoms with van der Waals surface area (Å²) in [5, 5.41) is 0.177. The molecule has 0 saturated carbocycles. The molecule has 2 unspecified atom stereocenters. The molecule has 0 radical (unpaired) electrons. The zero-order valence-corrected chi connectivity index (χ0v) is 11.1. The van der Waals surface area contributed by atoms with Crippen LogP contribution in [0.3, 0.4) is 0 Å². The molecule has 5 heteroatoms. The Kier molecular flexibility index (Phi) is 3.45. The molecule has 1 aliphatic rings. The first-order chi connectivity index (χ1) is 8.00. The van der Waals surface area contributed by atoms with Crippen molar-refractivity contribution in [3.05, 3.63) is 23.1 Å². The molecular weight excluding hydrogens is 240 g/mol. The largest absolute Gasteiger partial charge is 0.452 e. The van der Waals surface area contributed by atoms with E-state index in [-0.39, 0.29) is 11.1 Å². The van der Waals surface area contributed by atoms with Gasteiger partial charge in [-0.25, -0.2) is 0 Å². The second-order valence-electron chi connectivity index (χ2n) is 4.83. The summed E-state index contributed by atoms with van der Waals surface area (Å²) in [6.07, 6.45) is 1.44. The number of halogens is 1. The molecule has 0 N–H and O–H groups in total.